The number of ether oxygens (including phenoxy) is 1. The summed E-state index contributed by atoms with van der Waals surface area (Å²) in [6.07, 6.45) is 0.568. The second-order valence-electron chi connectivity index (χ2n) is 9.83. The van der Waals surface area contributed by atoms with Crippen LogP contribution in [0.1, 0.15) is 60.8 Å². The summed E-state index contributed by atoms with van der Waals surface area (Å²) in [5, 5.41) is 0. The fraction of sp³-hybridized carbons (Fsp3) is 0.444. The number of rotatable bonds is 6. The molecule has 2 fully saturated rings. The number of benzene rings is 1. The third kappa shape index (κ3) is 4.70. The SMILES string of the molecule is Cc1cc(OCc2ncccn2)cc(=O)n1[C@H](C)c1ccc(C2C3CC2CC(C(F)(F)F)C3)cc1. The number of hydrogen-bond donors (Lipinski definition) is 0. The molecule has 2 bridgehead atoms. The van der Waals surface area contributed by atoms with E-state index >= 15 is 0 Å². The fourth-order valence-electron chi connectivity index (χ4n) is 5.96. The minimum Gasteiger partial charge on any atom is -0.485 e. The van der Waals surface area contributed by atoms with Gasteiger partial charge in [-0.2, -0.15) is 13.2 Å². The Balaban J connectivity index is 1.28. The Kier molecular flexibility index (Phi) is 6.15. The molecule has 184 valence electrons. The Morgan fingerprint density at radius 2 is 1.71 bits per heavy atom. The van der Waals surface area contributed by atoms with Gasteiger partial charge in [-0.3, -0.25) is 4.79 Å². The first-order chi connectivity index (χ1) is 16.7. The molecule has 0 spiro atoms. The zero-order valence-corrected chi connectivity index (χ0v) is 19.7. The number of aromatic nitrogens is 3. The van der Waals surface area contributed by atoms with Gasteiger partial charge < -0.3 is 9.30 Å². The van der Waals surface area contributed by atoms with Gasteiger partial charge in [0.2, 0.25) is 0 Å². The lowest BCUT2D eigenvalue weighted by Crippen LogP contribution is -2.46. The van der Waals surface area contributed by atoms with Crippen LogP contribution in [-0.2, 0) is 6.61 Å². The smallest absolute Gasteiger partial charge is 0.391 e. The standard InChI is InChI=1S/C27H28F3N3O2/c1-16-10-23(35-15-24-31-8-3-9-32-24)14-25(34)33(16)17(2)18-4-6-19(7-5-18)26-20-11-21(26)13-22(12-20)27(28,29)30/h3-10,14,17,20-22,26H,11-13,15H2,1-2H3/t17-,20?,21?,22?,26?/m1/s1. The summed E-state index contributed by atoms with van der Waals surface area (Å²) >= 11 is 0. The van der Waals surface area contributed by atoms with Crippen molar-refractivity contribution in [3.63, 3.8) is 0 Å². The molecule has 5 nitrogen and oxygen atoms in total. The van der Waals surface area contributed by atoms with Crippen molar-refractivity contribution >= 4 is 0 Å². The van der Waals surface area contributed by atoms with Crippen molar-refractivity contribution in [2.45, 2.75) is 57.9 Å². The van der Waals surface area contributed by atoms with E-state index in [1.165, 1.54) is 6.07 Å². The Bertz CT molecular complexity index is 1230. The van der Waals surface area contributed by atoms with Gasteiger partial charge in [0.25, 0.3) is 5.56 Å². The number of fused-ring (bicyclic) bond motifs is 2. The summed E-state index contributed by atoms with van der Waals surface area (Å²) in [7, 11) is 0. The third-order valence-electron chi connectivity index (χ3n) is 7.67. The van der Waals surface area contributed by atoms with Gasteiger partial charge in [0.05, 0.1) is 12.0 Å². The van der Waals surface area contributed by atoms with Crippen molar-refractivity contribution in [1.82, 2.24) is 14.5 Å². The minimum absolute atomic E-state index is 0.113. The van der Waals surface area contributed by atoms with Crippen molar-refractivity contribution in [2.24, 2.45) is 17.8 Å². The van der Waals surface area contributed by atoms with E-state index in [0.717, 1.165) is 23.2 Å². The van der Waals surface area contributed by atoms with Crippen LogP contribution in [0.3, 0.4) is 0 Å². The number of aryl methyl sites for hydroxylation is 1. The van der Waals surface area contributed by atoms with E-state index in [0.29, 0.717) is 11.6 Å². The van der Waals surface area contributed by atoms with Crippen LogP contribution in [0.5, 0.6) is 5.75 Å². The van der Waals surface area contributed by atoms with Crippen LogP contribution in [0.2, 0.25) is 0 Å². The van der Waals surface area contributed by atoms with E-state index < -0.39 is 12.1 Å². The molecule has 3 atom stereocenters. The number of hydrogen-bond acceptors (Lipinski definition) is 4. The van der Waals surface area contributed by atoms with Crippen molar-refractivity contribution in [2.75, 3.05) is 0 Å². The van der Waals surface area contributed by atoms with Crippen LogP contribution >= 0.6 is 0 Å². The second kappa shape index (κ2) is 9.13. The third-order valence-corrected chi connectivity index (χ3v) is 7.67. The first-order valence-electron chi connectivity index (χ1n) is 12.0. The van der Waals surface area contributed by atoms with Gasteiger partial charge in [-0.15, -0.1) is 0 Å². The molecule has 2 heterocycles. The highest BCUT2D eigenvalue weighted by atomic mass is 19.4. The molecule has 0 radical (unpaired) electrons. The summed E-state index contributed by atoms with van der Waals surface area (Å²) in [5.41, 5.74) is 2.68. The maximum atomic E-state index is 13.1. The van der Waals surface area contributed by atoms with Crippen LogP contribution in [0.25, 0.3) is 0 Å². The molecular formula is C27H28F3N3O2. The zero-order valence-electron chi connectivity index (χ0n) is 19.7. The average Bonchev–Trinajstić information content (AvgIpc) is 2.83. The highest BCUT2D eigenvalue weighted by Crippen LogP contribution is 2.60. The topological polar surface area (TPSA) is 57.0 Å². The summed E-state index contributed by atoms with van der Waals surface area (Å²) in [5.74, 6) is 0.292. The Morgan fingerprint density at radius 3 is 2.31 bits per heavy atom. The molecule has 0 aliphatic heterocycles. The Hall–Kier alpha value is -3.16. The summed E-state index contributed by atoms with van der Waals surface area (Å²) in [4.78, 5) is 21.2. The lowest BCUT2D eigenvalue weighted by molar-refractivity contribution is -0.205. The average molecular weight is 484 g/mol. The van der Waals surface area contributed by atoms with E-state index in [9.17, 15) is 18.0 Å². The zero-order chi connectivity index (χ0) is 24.7. The van der Waals surface area contributed by atoms with Crippen LogP contribution in [0, 0.1) is 24.7 Å². The maximum absolute atomic E-state index is 13.1. The predicted octanol–water partition coefficient (Wildman–Crippen LogP) is 5.83. The second-order valence-corrected chi connectivity index (χ2v) is 9.83. The van der Waals surface area contributed by atoms with Gasteiger partial charge in [-0.1, -0.05) is 24.3 Å². The van der Waals surface area contributed by atoms with Gasteiger partial charge >= 0.3 is 6.18 Å². The molecule has 0 saturated heterocycles. The summed E-state index contributed by atoms with van der Waals surface area (Å²) in [6.45, 7) is 4.01. The maximum Gasteiger partial charge on any atom is 0.391 e. The summed E-state index contributed by atoms with van der Waals surface area (Å²) in [6, 6.07) is 12.9. The van der Waals surface area contributed by atoms with Gasteiger partial charge in [0, 0.05) is 24.2 Å². The number of alkyl halides is 3. The molecule has 1 aromatic carbocycles. The fourth-order valence-corrected chi connectivity index (χ4v) is 5.96. The quantitative estimate of drug-likeness (QED) is 0.443. The molecular weight excluding hydrogens is 455 g/mol. The van der Waals surface area contributed by atoms with Crippen molar-refractivity contribution in [1.29, 1.82) is 0 Å². The van der Waals surface area contributed by atoms with Crippen molar-refractivity contribution < 1.29 is 17.9 Å². The molecule has 35 heavy (non-hydrogen) atoms. The van der Waals surface area contributed by atoms with E-state index in [2.05, 4.69) is 9.97 Å². The summed E-state index contributed by atoms with van der Waals surface area (Å²) < 4.78 is 46.8. The van der Waals surface area contributed by atoms with Crippen molar-refractivity contribution in [3.8, 4) is 5.75 Å². The first kappa shape index (κ1) is 23.6. The number of pyridine rings is 1. The van der Waals surface area contributed by atoms with E-state index in [-0.39, 0.29) is 48.8 Å². The molecule has 3 aromatic rings. The Morgan fingerprint density at radius 1 is 1.06 bits per heavy atom. The van der Waals surface area contributed by atoms with Gasteiger partial charge in [0.1, 0.15) is 12.4 Å². The number of nitrogens with zero attached hydrogens (tertiary/aromatic N) is 3. The monoisotopic (exact) mass is 483 g/mol. The highest BCUT2D eigenvalue weighted by molar-refractivity contribution is 5.32. The highest BCUT2D eigenvalue weighted by Gasteiger charge is 2.54. The van der Waals surface area contributed by atoms with Gasteiger partial charge in [-0.05, 0) is 74.1 Å². The normalized spacial score (nSPS) is 24.5. The molecule has 0 N–H and O–H groups in total. The lowest BCUT2D eigenvalue weighted by atomic mass is 9.52. The molecule has 2 aromatic heterocycles. The Labute approximate surface area is 202 Å². The van der Waals surface area contributed by atoms with E-state index in [1.54, 1.807) is 23.0 Å². The number of halogens is 3. The molecule has 2 unspecified atom stereocenters. The predicted molar refractivity (Wildman–Crippen MR) is 125 cm³/mol. The van der Waals surface area contributed by atoms with E-state index in [4.69, 9.17) is 4.74 Å². The molecule has 0 amide bonds. The molecule has 2 aliphatic carbocycles. The van der Waals surface area contributed by atoms with Gasteiger partial charge in [-0.25, -0.2) is 9.97 Å². The first-order valence-corrected chi connectivity index (χ1v) is 12.0. The largest absolute Gasteiger partial charge is 0.485 e. The van der Waals surface area contributed by atoms with Gasteiger partial charge in [0.15, 0.2) is 5.82 Å². The van der Waals surface area contributed by atoms with Crippen molar-refractivity contribution in [3.05, 3.63) is 87.9 Å². The van der Waals surface area contributed by atoms with Crippen LogP contribution in [0.15, 0.2) is 59.7 Å². The lowest BCUT2D eigenvalue weighted by Gasteiger charge is -2.53. The van der Waals surface area contributed by atoms with Crippen LogP contribution in [-0.4, -0.2) is 20.7 Å². The minimum atomic E-state index is -4.08. The molecule has 5 rings (SSSR count). The molecule has 2 saturated carbocycles. The molecule has 2 aliphatic rings. The molecule has 8 heteroatoms. The van der Waals surface area contributed by atoms with E-state index in [1.807, 2.05) is 44.2 Å². The van der Waals surface area contributed by atoms with Crippen LogP contribution < -0.4 is 10.3 Å². The van der Waals surface area contributed by atoms with Crippen LogP contribution in [0.4, 0.5) is 13.2 Å².